The molecule has 0 aliphatic carbocycles. The van der Waals surface area contributed by atoms with E-state index >= 15 is 0 Å². The van der Waals surface area contributed by atoms with Crippen LogP contribution in [0.4, 0.5) is 5.95 Å². The van der Waals surface area contributed by atoms with Gasteiger partial charge in [-0.05, 0) is 13.3 Å². The lowest BCUT2D eigenvalue weighted by Gasteiger charge is -2.18. The number of ether oxygens (including phenoxy) is 2. The summed E-state index contributed by atoms with van der Waals surface area (Å²) in [7, 11) is 0. The summed E-state index contributed by atoms with van der Waals surface area (Å²) in [4.78, 5) is 44.9. The molecule has 27 heavy (non-hydrogen) atoms. The minimum atomic E-state index is -0.735. The van der Waals surface area contributed by atoms with Crippen LogP contribution in [0.25, 0.3) is 11.2 Å². The molecule has 11 nitrogen and oxygen atoms in total. The Kier molecular flexibility index (Phi) is 8.19. The average Bonchev–Trinajstić information content (AvgIpc) is 2.96. The zero-order valence-electron chi connectivity index (χ0n) is 15.0. The molecule has 0 amide bonds. The zero-order chi connectivity index (χ0) is 19.3. The quantitative estimate of drug-likeness (QED) is 0.496. The molecule has 0 bridgehead atoms. The molecule has 2 aromatic heterocycles. The van der Waals surface area contributed by atoms with Gasteiger partial charge in [0.2, 0.25) is 5.95 Å². The molecule has 1 unspecified atom stereocenters. The molecule has 5 N–H and O–H groups in total. The van der Waals surface area contributed by atoms with Gasteiger partial charge in [-0.1, -0.05) is 0 Å². The van der Waals surface area contributed by atoms with Crippen LogP contribution in [0.5, 0.6) is 0 Å². The molecule has 2 aromatic rings. The highest BCUT2D eigenvalue weighted by Crippen LogP contribution is 2.12. The predicted molar refractivity (Wildman–Crippen MR) is 99.2 cm³/mol. The van der Waals surface area contributed by atoms with Crippen molar-refractivity contribution >= 4 is 41.5 Å². The van der Waals surface area contributed by atoms with Crippen LogP contribution in [-0.2, 0) is 25.6 Å². The number of nitrogen functional groups attached to an aromatic ring is 1. The minimum absolute atomic E-state index is 0. The molecular formula is C15H23ClN6O5. The number of nitrogens with two attached hydrogens (primary N) is 2. The predicted octanol–water partition coefficient (Wildman–Crippen LogP) is -0.417. The average molecular weight is 403 g/mol. The number of H-pyrrole nitrogens is 1. The van der Waals surface area contributed by atoms with Gasteiger partial charge in [-0.2, -0.15) is 4.98 Å². The third kappa shape index (κ3) is 6.22. The van der Waals surface area contributed by atoms with E-state index in [1.165, 1.54) is 20.2 Å². The van der Waals surface area contributed by atoms with Crippen molar-refractivity contribution in [1.29, 1.82) is 0 Å². The molecule has 150 valence electrons. The summed E-state index contributed by atoms with van der Waals surface area (Å²) < 4.78 is 11.8. The summed E-state index contributed by atoms with van der Waals surface area (Å²) >= 11 is 0. The van der Waals surface area contributed by atoms with Crippen molar-refractivity contribution in [3.05, 3.63) is 16.7 Å². The SMILES string of the molecule is CC(=O)OCC(CCn1cnc2c(=O)[nH]c(N)nc21)COC(=O)[C@H](C)N.Cl. The van der Waals surface area contributed by atoms with Gasteiger partial charge in [-0.15, -0.1) is 12.4 Å². The van der Waals surface area contributed by atoms with Crippen LogP contribution in [0.2, 0.25) is 0 Å². The van der Waals surface area contributed by atoms with E-state index in [4.69, 9.17) is 20.9 Å². The number of aryl methyl sites for hydroxylation is 1. The summed E-state index contributed by atoms with van der Waals surface area (Å²) in [5.74, 6) is -1.22. The standard InChI is InChI=1S/C15H22N6O5.ClH/c1-8(16)14(24)26-6-10(5-25-9(2)22)3-4-21-7-18-11-12(21)19-15(17)20-13(11)23;/h7-8,10H,3-6,16H2,1-2H3,(H3,17,19,20,23);1H/t8-,10?;/m0./s1. The van der Waals surface area contributed by atoms with Crippen LogP contribution in [0.3, 0.4) is 0 Å². The number of esters is 2. The molecular weight excluding hydrogens is 380 g/mol. The molecule has 0 aliphatic rings. The Morgan fingerprint density at radius 2 is 2.00 bits per heavy atom. The monoisotopic (exact) mass is 402 g/mol. The fourth-order valence-electron chi connectivity index (χ4n) is 2.24. The van der Waals surface area contributed by atoms with E-state index < -0.39 is 23.5 Å². The Balaban J connectivity index is 0.00000364. The Hall–Kier alpha value is -2.66. The Bertz CT molecular complexity index is 849. The molecule has 0 spiro atoms. The van der Waals surface area contributed by atoms with Crippen LogP contribution >= 0.6 is 12.4 Å². The lowest BCUT2D eigenvalue weighted by molar-refractivity contribution is -0.148. The van der Waals surface area contributed by atoms with E-state index in [1.807, 2.05) is 0 Å². The number of fused-ring (bicyclic) bond motifs is 1. The number of hydrogen-bond acceptors (Lipinski definition) is 9. The number of carbonyl (C=O) groups excluding carboxylic acids is 2. The second kappa shape index (κ2) is 9.88. The maximum atomic E-state index is 11.8. The van der Waals surface area contributed by atoms with Gasteiger partial charge in [0.25, 0.3) is 5.56 Å². The fraction of sp³-hybridized carbons (Fsp3) is 0.533. The van der Waals surface area contributed by atoms with Gasteiger partial charge in [0, 0.05) is 19.4 Å². The summed E-state index contributed by atoms with van der Waals surface area (Å²) in [5.41, 5.74) is 11.1. The van der Waals surface area contributed by atoms with Crippen LogP contribution in [0.15, 0.2) is 11.1 Å². The van der Waals surface area contributed by atoms with Crippen molar-refractivity contribution in [2.75, 3.05) is 18.9 Å². The molecule has 12 heteroatoms. The first-order valence-corrected chi connectivity index (χ1v) is 8.04. The third-order valence-corrected chi connectivity index (χ3v) is 3.63. The number of anilines is 1. The topological polar surface area (TPSA) is 168 Å². The Morgan fingerprint density at radius 3 is 2.63 bits per heavy atom. The maximum Gasteiger partial charge on any atom is 0.322 e. The lowest BCUT2D eigenvalue weighted by Crippen LogP contribution is -2.31. The largest absolute Gasteiger partial charge is 0.465 e. The van der Waals surface area contributed by atoms with E-state index in [1.54, 1.807) is 4.57 Å². The molecule has 0 radical (unpaired) electrons. The van der Waals surface area contributed by atoms with Gasteiger partial charge in [-0.25, -0.2) is 4.98 Å². The second-order valence-corrected chi connectivity index (χ2v) is 5.94. The van der Waals surface area contributed by atoms with E-state index in [9.17, 15) is 14.4 Å². The molecule has 2 rings (SSSR count). The van der Waals surface area contributed by atoms with Crippen LogP contribution in [-0.4, -0.2) is 50.7 Å². The number of rotatable bonds is 8. The highest BCUT2D eigenvalue weighted by atomic mass is 35.5. The number of hydrogen-bond donors (Lipinski definition) is 3. The molecule has 2 atom stereocenters. The van der Waals surface area contributed by atoms with E-state index in [-0.39, 0.29) is 43.0 Å². The third-order valence-electron chi connectivity index (χ3n) is 3.63. The first-order chi connectivity index (χ1) is 12.3. The van der Waals surface area contributed by atoms with Crippen LogP contribution in [0, 0.1) is 5.92 Å². The van der Waals surface area contributed by atoms with Gasteiger partial charge >= 0.3 is 11.9 Å². The van der Waals surface area contributed by atoms with Gasteiger partial charge in [0.05, 0.1) is 19.5 Å². The van der Waals surface area contributed by atoms with E-state index in [0.29, 0.717) is 18.6 Å². The van der Waals surface area contributed by atoms with Gasteiger partial charge in [0.1, 0.15) is 6.04 Å². The van der Waals surface area contributed by atoms with Gasteiger partial charge < -0.3 is 25.5 Å². The van der Waals surface area contributed by atoms with Crippen molar-refractivity contribution in [2.45, 2.75) is 32.9 Å². The number of nitrogens with zero attached hydrogens (tertiary/aromatic N) is 3. The van der Waals surface area contributed by atoms with Crippen molar-refractivity contribution < 1.29 is 19.1 Å². The Morgan fingerprint density at radius 1 is 1.33 bits per heavy atom. The number of halogens is 1. The fourth-order valence-corrected chi connectivity index (χ4v) is 2.24. The lowest BCUT2D eigenvalue weighted by atomic mass is 10.1. The summed E-state index contributed by atoms with van der Waals surface area (Å²) in [6.07, 6.45) is 1.96. The minimum Gasteiger partial charge on any atom is -0.465 e. The first-order valence-electron chi connectivity index (χ1n) is 8.04. The summed E-state index contributed by atoms with van der Waals surface area (Å²) in [6, 6.07) is -0.735. The highest BCUT2D eigenvalue weighted by molar-refractivity contribution is 5.85. The normalized spacial score (nSPS) is 12.9. The maximum absolute atomic E-state index is 11.8. The number of carbonyl (C=O) groups is 2. The second-order valence-electron chi connectivity index (χ2n) is 5.94. The van der Waals surface area contributed by atoms with Crippen LogP contribution in [0.1, 0.15) is 20.3 Å². The Labute approximate surface area is 160 Å². The molecule has 0 aliphatic heterocycles. The number of aromatic amines is 1. The van der Waals surface area contributed by atoms with Crippen LogP contribution < -0.4 is 17.0 Å². The van der Waals surface area contributed by atoms with Crippen molar-refractivity contribution in [3.63, 3.8) is 0 Å². The summed E-state index contributed by atoms with van der Waals surface area (Å²) in [5, 5.41) is 0. The van der Waals surface area contributed by atoms with Crippen molar-refractivity contribution in [1.82, 2.24) is 19.5 Å². The highest BCUT2D eigenvalue weighted by Gasteiger charge is 2.17. The van der Waals surface area contributed by atoms with Crippen molar-refractivity contribution in [2.24, 2.45) is 11.7 Å². The van der Waals surface area contributed by atoms with Gasteiger partial charge in [-0.3, -0.25) is 19.4 Å². The van der Waals surface area contributed by atoms with E-state index in [2.05, 4.69) is 15.0 Å². The molecule has 0 saturated heterocycles. The molecule has 0 saturated carbocycles. The van der Waals surface area contributed by atoms with Gasteiger partial charge in [0.15, 0.2) is 11.2 Å². The number of aromatic nitrogens is 4. The molecule has 0 aromatic carbocycles. The van der Waals surface area contributed by atoms with E-state index in [0.717, 1.165) is 0 Å². The number of imidazole rings is 1. The summed E-state index contributed by atoms with van der Waals surface area (Å²) in [6.45, 7) is 3.37. The zero-order valence-corrected chi connectivity index (χ0v) is 15.8. The molecule has 2 heterocycles. The molecule has 0 fully saturated rings. The smallest absolute Gasteiger partial charge is 0.322 e. The first kappa shape index (κ1) is 22.4. The van der Waals surface area contributed by atoms with Crippen molar-refractivity contribution in [3.8, 4) is 0 Å². The number of nitrogens with one attached hydrogen (secondary N) is 1.